The highest BCUT2D eigenvalue weighted by Gasteiger charge is 2.46. The van der Waals surface area contributed by atoms with E-state index in [1.165, 1.54) is 17.4 Å². The molecule has 2 heterocycles. The minimum absolute atomic E-state index is 0.0374. The standard InChI is InChI=1S/C20H24FN3O2S/c1-3-22-20-23-12(2)18(27-20)19(25)24-10-13-8-9-16(14(13)11-24)26-17-7-5-4-6-15(17)21/h4-7,13-14,16H,3,8-11H2,1-2H3,(H,22,23)/t13-,14+,16-/m0/s1. The Morgan fingerprint density at radius 1 is 1.37 bits per heavy atom. The first-order valence-electron chi connectivity index (χ1n) is 9.48. The minimum atomic E-state index is -0.330. The van der Waals surface area contributed by atoms with E-state index in [0.29, 0.717) is 23.1 Å². The number of benzene rings is 1. The summed E-state index contributed by atoms with van der Waals surface area (Å²) in [6, 6.07) is 6.53. The monoisotopic (exact) mass is 389 g/mol. The maximum Gasteiger partial charge on any atom is 0.265 e. The van der Waals surface area contributed by atoms with Crippen LogP contribution in [-0.2, 0) is 0 Å². The van der Waals surface area contributed by atoms with Crippen molar-refractivity contribution in [1.29, 1.82) is 0 Å². The van der Waals surface area contributed by atoms with Gasteiger partial charge in [0.05, 0.1) is 5.69 Å². The fourth-order valence-electron chi connectivity index (χ4n) is 4.20. The predicted octanol–water partition coefficient (Wildman–Crippen LogP) is 3.95. The Hall–Kier alpha value is -2.15. The van der Waals surface area contributed by atoms with Crippen molar-refractivity contribution in [1.82, 2.24) is 9.88 Å². The number of para-hydroxylation sites is 1. The Bertz CT molecular complexity index is 840. The lowest BCUT2D eigenvalue weighted by Gasteiger charge is -2.22. The number of anilines is 1. The summed E-state index contributed by atoms with van der Waals surface area (Å²) in [7, 11) is 0. The topological polar surface area (TPSA) is 54.5 Å². The van der Waals surface area contributed by atoms with Crippen molar-refractivity contribution in [2.75, 3.05) is 25.0 Å². The number of hydrogen-bond acceptors (Lipinski definition) is 5. The molecule has 27 heavy (non-hydrogen) atoms. The van der Waals surface area contributed by atoms with E-state index in [4.69, 9.17) is 4.74 Å². The van der Waals surface area contributed by atoms with E-state index in [1.807, 2.05) is 18.7 Å². The molecule has 144 valence electrons. The number of amides is 1. The quantitative estimate of drug-likeness (QED) is 0.841. The highest BCUT2D eigenvalue weighted by molar-refractivity contribution is 7.17. The van der Waals surface area contributed by atoms with E-state index in [0.717, 1.165) is 36.8 Å². The molecule has 1 amide bonds. The zero-order valence-corrected chi connectivity index (χ0v) is 16.4. The molecule has 1 saturated carbocycles. The van der Waals surface area contributed by atoms with Gasteiger partial charge in [-0.3, -0.25) is 4.79 Å². The van der Waals surface area contributed by atoms with Crippen molar-refractivity contribution in [2.45, 2.75) is 32.8 Å². The third-order valence-electron chi connectivity index (χ3n) is 5.51. The van der Waals surface area contributed by atoms with Gasteiger partial charge in [-0.2, -0.15) is 0 Å². The van der Waals surface area contributed by atoms with Crippen LogP contribution in [0.3, 0.4) is 0 Å². The summed E-state index contributed by atoms with van der Waals surface area (Å²) < 4.78 is 19.9. The summed E-state index contributed by atoms with van der Waals surface area (Å²) in [4.78, 5) is 20.1. The smallest absolute Gasteiger partial charge is 0.265 e. The Kier molecular flexibility index (Phi) is 5.04. The number of rotatable bonds is 5. The number of aryl methyl sites for hydroxylation is 1. The summed E-state index contributed by atoms with van der Waals surface area (Å²) in [5.74, 6) is 0.708. The van der Waals surface area contributed by atoms with E-state index in [9.17, 15) is 9.18 Å². The van der Waals surface area contributed by atoms with E-state index in [2.05, 4.69) is 10.3 Å². The average Bonchev–Trinajstić information content (AvgIpc) is 3.32. The van der Waals surface area contributed by atoms with Crippen molar-refractivity contribution in [3.63, 3.8) is 0 Å². The van der Waals surface area contributed by atoms with E-state index in [-0.39, 0.29) is 23.7 Å². The first-order chi connectivity index (χ1) is 13.1. The molecule has 4 rings (SSSR count). The van der Waals surface area contributed by atoms with Crippen molar-refractivity contribution in [2.24, 2.45) is 11.8 Å². The van der Waals surface area contributed by atoms with Crippen LogP contribution < -0.4 is 10.1 Å². The molecule has 0 radical (unpaired) electrons. The molecule has 1 aliphatic heterocycles. The lowest BCUT2D eigenvalue weighted by atomic mass is 9.99. The lowest BCUT2D eigenvalue weighted by molar-refractivity contribution is 0.0764. The number of carbonyl (C=O) groups excluding carboxylic acids is 1. The Labute approximate surface area is 162 Å². The first-order valence-corrected chi connectivity index (χ1v) is 10.3. The van der Waals surface area contributed by atoms with E-state index >= 15 is 0 Å². The van der Waals surface area contributed by atoms with Crippen LogP contribution in [0.15, 0.2) is 24.3 Å². The van der Waals surface area contributed by atoms with Crippen LogP contribution in [0.5, 0.6) is 5.75 Å². The second-order valence-corrected chi connectivity index (χ2v) is 8.26. The summed E-state index contributed by atoms with van der Waals surface area (Å²) in [5, 5.41) is 3.97. The third-order valence-corrected chi connectivity index (χ3v) is 6.62. The van der Waals surface area contributed by atoms with Gasteiger partial charge in [-0.1, -0.05) is 23.5 Å². The van der Waals surface area contributed by atoms with Gasteiger partial charge in [-0.05, 0) is 44.7 Å². The number of hydrogen-bond donors (Lipinski definition) is 1. The molecule has 2 aromatic rings. The molecular weight excluding hydrogens is 365 g/mol. The maximum absolute atomic E-state index is 13.9. The second kappa shape index (κ2) is 7.46. The molecule has 0 bridgehead atoms. The molecular formula is C20H24FN3O2S. The van der Waals surface area contributed by atoms with Gasteiger partial charge in [0.2, 0.25) is 0 Å². The van der Waals surface area contributed by atoms with Crippen LogP contribution in [0, 0.1) is 24.6 Å². The maximum atomic E-state index is 13.9. The number of nitrogens with zero attached hydrogens (tertiary/aromatic N) is 2. The highest BCUT2D eigenvalue weighted by atomic mass is 32.1. The fraction of sp³-hybridized carbons (Fsp3) is 0.500. The van der Waals surface area contributed by atoms with Gasteiger partial charge in [-0.25, -0.2) is 9.37 Å². The molecule has 1 aliphatic carbocycles. The number of carbonyl (C=O) groups is 1. The van der Waals surface area contributed by atoms with Crippen LogP contribution in [0.25, 0.3) is 0 Å². The summed E-state index contributed by atoms with van der Waals surface area (Å²) in [6.07, 6.45) is 1.89. The Morgan fingerprint density at radius 3 is 2.96 bits per heavy atom. The lowest BCUT2D eigenvalue weighted by Crippen LogP contribution is -2.32. The van der Waals surface area contributed by atoms with Crippen molar-refractivity contribution in [3.05, 3.63) is 40.7 Å². The summed E-state index contributed by atoms with van der Waals surface area (Å²) in [6.45, 7) is 6.08. The van der Waals surface area contributed by atoms with Crippen molar-refractivity contribution < 1.29 is 13.9 Å². The van der Waals surface area contributed by atoms with Crippen molar-refractivity contribution in [3.8, 4) is 5.75 Å². The van der Waals surface area contributed by atoms with E-state index in [1.54, 1.807) is 18.2 Å². The van der Waals surface area contributed by atoms with Gasteiger partial charge in [0.25, 0.3) is 5.91 Å². The molecule has 1 aromatic heterocycles. The molecule has 1 saturated heterocycles. The van der Waals surface area contributed by atoms with Gasteiger partial charge < -0.3 is 15.0 Å². The summed E-state index contributed by atoms with van der Waals surface area (Å²) in [5.41, 5.74) is 0.775. The van der Waals surface area contributed by atoms with Crippen LogP contribution >= 0.6 is 11.3 Å². The normalized spacial score (nSPS) is 24.1. The van der Waals surface area contributed by atoms with E-state index < -0.39 is 0 Å². The number of nitrogens with one attached hydrogen (secondary N) is 1. The molecule has 1 N–H and O–H groups in total. The molecule has 5 nitrogen and oxygen atoms in total. The number of halogens is 1. The minimum Gasteiger partial charge on any atom is -0.487 e. The van der Waals surface area contributed by atoms with Gasteiger partial charge >= 0.3 is 0 Å². The zero-order chi connectivity index (χ0) is 19.0. The highest BCUT2D eigenvalue weighted by Crippen LogP contribution is 2.41. The van der Waals surface area contributed by atoms with Gasteiger partial charge in [-0.15, -0.1) is 0 Å². The number of fused-ring (bicyclic) bond motifs is 1. The molecule has 2 aliphatic rings. The molecule has 2 fully saturated rings. The van der Waals surface area contributed by atoms with Gasteiger partial charge in [0.15, 0.2) is 16.7 Å². The Morgan fingerprint density at radius 2 is 2.19 bits per heavy atom. The number of ether oxygens (including phenoxy) is 1. The number of likely N-dealkylation sites (tertiary alicyclic amines) is 1. The average molecular weight is 389 g/mol. The SMILES string of the molecule is CCNc1nc(C)c(C(=O)N2C[C@@H]3CC[C@H](Oc4ccccc4F)[C@@H]3C2)s1. The summed E-state index contributed by atoms with van der Waals surface area (Å²) >= 11 is 1.42. The Balaban J connectivity index is 1.45. The van der Waals surface area contributed by atoms with Crippen LogP contribution in [0.4, 0.5) is 9.52 Å². The fourth-order valence-corrected chi connectivity index (χ4v) is 5.20. The molecule has 0 unspecified atom stereocenters. The molecule has 1 aromatic carbocycles. The second-order valence-electron chi connectivity index (χ2n) is 7.26. The number of aromatic nitrogens is 1. The van der Waals surface area contributed by atoms with Gasteiger partial charge in [0.1, 0.15) is 11.0 Å². The predicted molar refractivity (Wildman–Crippen MR) is 104 cm³/mol. The largest absolute Gasteiger partial charge is 0.487 e. The van der Waals surface area contributed by atoms with Crippen LogP contribution in [-0.4, -0.2) is 41.5 Å². The van der Waals surface area contributed by atoms with Crippen LogP contribution in [0.2, 0.25) is 0 Å². The zero-order valence-electron chi connectivity index (χ0n) is 15.6. The number of thiazole rings is 1. The third kappa shape index (κ3) is 3.52. The molecule has 0 spiro atoms. The van der Waals surface area contributed by atoms with Gasteiger partial charge in [0, 0.05) is 25.6 Å². The molecule has 7 heteroatoms. The first kappa shape index (κ1) is 18.2. The molecule has 3 atom stereocenters. The van der Waals surface area contributed by atoms with Crippen molar-refractivity contribution >= 4 is 22.4 Å². The van der Waals surface area contributed by atoms with Crippen LogP contribution in [0.1, 0.15) is 35.1 Å².